The van der Waals surface area contributed by atoms with Gasteiger partial charge in [-0.3, -0.25) is 28.9 Å². The van der Waals surface area contributed by atoms with E-state index in [4.69, 9.17) is 5.73 Å². The van der Waals surface area contributed by atoms with Gasteiger partial charge in [0.2, 0.25) is 5.91 Å². The van der Waals surface area contributed by atoms with Gasteiger partial charge in [-0.25, -0.2) is 4.39 Å². The van der Waals surface area contributed by atoms with Gasteiger partial charge < -0.3 is 15.9 Å². The van der Waals surface area contributed by atoms with Crippen molar-refractivity contribution in [2.45, 2.75) is 67.6 Å². The Balaban J connectivity index is 1.53. The molecule has 3 saturated carbocycles. The molecule has 0 heterocycles. The molecule has 0 bridgehead atoms. The van der Waals surface area contributed by atoms with Crippen molar-refractivity contribution in [3.8, 4) is 5.75 Å². The number of carbonyl (C=O) groups is 5. The van der Waals surface area contributed by atoms with Gasteiger partial charge >= 0.3 is 0 Å². The molecule has 1 aromatic carbocycles. The van der Waals surface area contributed by atoms with Gasteiger partial charge in [0.15, 0.2) is 34.7 Å². The van der Waals surface area contributed by atoms with Gasteiger partial charge in [-0.1, -0.05) is 19.3 Å². The second-order valence-electron chi connectivity index (χ2n) is 11.6. The van der Waals surface area contributed by atoms with E-state index in [0.29, 0.717) is 11.0 Å². The van der Waals surface area contributed by atoms with Gasteiger partial charge in [0, 0.05) is 28.0 Å². The number of carbonyl (C=O) groups excluding carboxylic acids is 5. The summed E-state index contributed by atoms with van der Waals surface area (Å²) < 4.78 is 15.4. The summed E-state index contributed by atoms with van der Waals surface area (Å²) in [5, 5.41) is 23.1. The number of thioether (sulfide) groups is 1. The second kappa shape index (κ2) is 10.1. The van der Waals surface area contributed by atoms with Crippen LogP contribution in [-0.2, 0) is 31.4 Å². The number of aliphatic hydroxyl groups is 1. The van der Waals surface area contributed by atoms with E-state index in [1.165, 1.54) is 31.5 Å². The number of aromatic hydroxyl groups is 1. The monoisotopic (exact) mass is 560 g/mol. The Morgan fingerprint density at radius 1 is 1.15 bits per heavy atom. The molecule has 0 radical (unpaired) electrons. The number of Topliss-reactive ketones (excluding diaryl/α,β-unsaturated/α-hetero) is 4. The topological polar surface area (TPSA) is 155 Å². The lowest BCUT2D eigenvalue weighted by atomic mass is 9.52. The zero-order chi connectivity index (χ0) is 28.4. The summed E-state index contributed by atoms with van der Waals surface area (Å²) in [7, 11) is 3.03. The molecule has 1 amide bonds. The number of likely N-dealkylation sites (N-methyl/N-ethyl adjacent to an activating group) is 1. The van der Waals surface area contributed by atoms with Crippen molar-refractivity contribution in [2.24, 2.45) is 29.4 Å². The van der Waals surface area contributed by atoms with Crippen LogP contribution in [0.1, 0.15) is 60.0 Å². The van der Waals surface area contributed by atoms with Crippen LogP contribution in [-0.4, -0.2) is 75.1 Å². The van der Waals surface area contributed by atoms with E-state index in [0.717, 1.165) is 25.7 Å². The molecular weight excluding hydrogens is 527 g/mol. The summed E-state index contributed by atoms with van der Waals surface area (Å²) in [6.45, 7) is 0. The minimum absolute atomic E-state index is 0.00622. The molecule has 4 N–H and O–H groups in total. The number of hydrogen-bond acceptors (Lipinski definition) is 9. The summed E-state index contributed by atoms with van der Waals surface area (Å²) in [6.07, 6.45) is 5.29. The van der Waals surface area contributed by atoms with Crippen molar-refractivity contribution in [1.29, 1.82) is 0 Å². The largest absolute Gasteiger partial charge is 0.507 e. The van der Waals surface area contributed by atoms with Crippen LogP contribution in [0.3, 0.4) is 0 Å². The van der Waals surface area contributed by atoms with Crippen molar-refractivity contribution < 1.29 is 38.6 Å². The molecule has 0 saturated heterocycles. The molecule has 11 heteroatoms. The van der Waals surface area contributed by atoms with Gasteiger partial charge in [0.25, 0.3) is 0 Å². The Morgan fingerprint density at radius 2 is 1.82 bits per heavy atom. The molecule has 210 valence electrons. The summed E-state index contributed by atoms with van der Waals surface area (Å²) in [6, 6.07) is 0.0517. The van der Waals surface area contributed by atoms with Crippen molar-refractivity contribution in [3.05, 3.63) is 28.6 Å². The lowest BCUT2D eigenvalue weighted by Crippen LogP contribution is -2.74. The molecule has 9 nitrogen and oxygen atoms in total. The zero-order valence-corrected chi connectivity index (χ0v) is 22.8. The average Bonchev–Trinajstić information content (AvgIpc) is 2.87. The van der Waals surface area contributed by atoms with E-state index < -0.39 is 70.2 Å². The van der Waals surface area contributed by atoms with E-state index in [1.807, 2.05) is 0 Å². The normalized spacial score (nSPS) is 33.1. The first-order valence-corrected chi connectivity index (χ1v) is 14.4. The minimum Gasteiger partial charge on any atom is -0.507 e. The van der Waals surface area contributed by atoms with Gasteiger partial charge in [0.05, 0.1) is 17.5 Å². The van der Waals surface area contributed by atoms with E-state index in [1.54, 1.807) is 11.8 Å². The predicted molar refractivity (Wildman–Crippen MR) is 139 cm³/mol. The average molecular weight is 561 g/mol. The number of amides is 1. The number of hydrogen-bond donors (Lipinski definition) is 3. The molecule has 4 aliphatic rings. The number of phenolic OH excluding ortho intramolecular Hbond substituents is 1. The molecule has 5 rings (SSSR count). The van der Waals surface area contributed by atoms with Crippen LogP contribution in [0.4, 0.5) is 4.39 Å². The number of rotatable bonds is 5. The standard InChI is InChI=1S/C28H33FN2O7S/c1-31(2)21-16-9-12-8-15-17(29)10-13(11-39-14-6-4-3-5-7-14)22(32)19(15)23(33)18(12)25(35)28(16,38)26(36)20(24(21)34)27(30)37/h10,12,14,16,18,20-21,32,38H,3-9,11H2,1-2H3,(H2,30,37). The highest BCUT2D eigenvalue weighted by Crippen LogP contribution is 2.51. The molecule has 0 aromatic heterocycles. The van der Waals surface area contributed by atoms with Crippen molar-refractivity contribution in [2.75, 3.05) is 14.1 Å². The Bertz CT molecular complexity index is 1280. The number of phenols is 1. The van der Waals surface area contributed by atoms with Crippen LogP contribution in [0.2, 0.25) is 0 Å². The quantitative estimate of drug-likeness (QED) is 0.455. The van der Waals surface area contributed by atoms with Crippen LogP contribution in [0.15, 0.2) is 6.07 Å². The number of primary amides is 1. The fourth-order valence-electron chi connectivity index (χ4n) is 7.23. The molecule has 1 aromatic rings. The fourth-order valence-corrected chi connectivity index (χ4v) is 8.53. The lowest BCUT2D eigenvalue weighted by Gasteiger charge is -2.52. The van der Waals surface area contributed by atoms with Crippen LogP contribution < -0.4 is 5.73 Å². The number of nitrogens with zero attached hydrogens (tertiary/aromatic N) is 1. The molecule has 6 atom stereocenters. The molecule has 6 unspecified atom stereocenters. The maximum absolute atomic E-state index is 15.4. The molecule has 4 aliphatic carbocycles. The van der Waals surface area contributed by atoms with E-state index >= 15 is 4.39 Å². The highest BCUT2D eigenvalue weighted by atomic mass is 32.2. The van der Waals surface area contributed by atoms with Crippen molar-refractivity contribution in [3.63, 3.8) is 0 Å². The van der Waals surface area contributed by atoms with Gasteiger partial charge in [-0.15, -0.1) is 0 Å². The summed E-state index contributed by atoms with van der Waals surface area (Å²) in [5.41, 5.74) is 2.50. The fraction of sp³-hybridized carbons (Fsp3) is 0.607. The number of fused-ring (bicyclic) bond motifs is 3. The summed E-state index contributed by atoms with van der Waals surface area (Å²) in [5.74, 6) is -11.7. The third kappa shape index (κ3) is 4.24. The number of halogens is 1. The maximum Gasteiger partial charge on any atom is 0.235 e. The first-order valence-electron chi connectivity index (χ1n) is 13.4. The molecule has 0 aliphatic heterocycles. The zero-order valence-electron chi connectivity index (χ0n) is 21.9. The molecule has 0 spiro atoms. The Labute approximate surface area is 229 Å². The van der Waals surface area contributed by atoms with Crippen LogP contribution in [0.25, 0.3) is 0 Å². The van der Waals surface area contributed by atoms with E-state index in [9.17, 15) is 34.2 Å². The number of nitrogens with two attached hydrogens (primary N) is 1. The van der Waals surface area contributed by atoms with Gasteiger partial charge in [-0.2, -0.15) is 11.8 Å². The number of benzene rings is 1. The van der Waals surface area contributed by atoms with Crippen molar-refractivity contribution in [1.82, 2.24) is 4.90 Å². The van der Waals surface area contributed by atoms with Gasteiger partial charge in [-0.05, 0) is 51.8 Å². The van der Waals surface area contributed by atoms with E-state index in [2.05, 4.69) is 0 Å². The molecule has 39 heavy (non-hydrogen) atoms. The number of ketones is 4. The van der Waals surface area contributed by atoms with Crippen LogP contribution in [0, 0.1) is 29.5 Å². The second-order valence-corrected chi connectivity index (χ2v) is 12.9. The Morgan fingerprint density at radius 3 is 2.44 bits per heavy atom. The Kier molecular flexibility index (Phi) is 7.22. The smallest absolute Gasteiger partial charge is 0.235 e. The molecular formula is C28H33FN2O7S. The SMILES string of the molecule is CN(C)C1C(=O)C(C(N)=O)C(=O)C2(O)C(=O)C3C(=O)c4c(O)c(CSC5CCCCC5)cc(F)c4CC3CC12. The summed E-state index contributed by atoms with van der Waals surface area (Å²) >= 11 is 1.60. The highest BCUT2D eigenvalue weighted by Gasteiger charge is 2.69. The first kappa shape index (κ1) is 27.9. The van der Waals surface area contributed by atoms with E-state index in [-0.39, 0.29) is 35.3 Å². The van der Waals surface area contributed by atoms with Gasteiger partial charge in [0.1, 0.15) is 11.6 Å². The first-order chi connectivity index (χ1) is 18.4. The lowest BCUT2D eigenvalue weighted by molar-refractivity contribution is -0.181. The highest BCUT2D eigenvalue weighted by molar-refractivity contribution is 7.99. The third-order valence-electron chi connectivity index (χ3n) is 9.11. The predicted octanol–water partition coefficient (Wildman–Crippen LogP) is 1.57. The van der Waals surface area contributed by atoms with Crippen molar-refractivity contribution >= 4 is 40.8 Å². The molecule has 3 fully saturated rings. The minimum atomic E-state index is -2.79. The van der Waals surface area contributed by atoms with Crippen LogP contribution >= 0.6 is 11.8 Å². The third-order valence-corrected chi connectivity index (χ3v) is 10.5. The maximum atomic E-state index is 15.4. The summed E-state index contributed by atoms with van der Waals surface area (Å²) in [4.78, 5) is 67.5. The van der Waals surface area contributed by atoms with Crippen LogP contribution in [0.5, 0.6) is 5.75 Å². The Hall–Kier alpha value is -2.63.